The van der Waals surface area contributed by atoms with Crippen molar-refractivity contribution in [3.63, 3.8) is 0 Å². The molecule has 156 valence electrons. The van der Waals surface area contributed by atoms with Gasteiger partial charge in [-0.3, -0.25) is 9.59 Å². The fraction of sp³-hybridized carbons (Fsp3) is 0.304. The molecule has 0 fully saturated rings. The monoisotopic (exact) mass is 429 g/mol. The first kappa shape index (κ1) is 20.6. The van der Waals surface area contributed by atoms with Crippen LogP contribution in [0.4, 0.5) is 4.39 Å². The molecule has 0 bridgehead atoms. The third-order valence-electron chi connectivity index (χ3n) is 5.09. The van der Waals surface area contributed by atoms with Crippen molar-refractivity contribution in [2.75, 3.05) is 13.2 Å². The topological polar surface area (TPSA) is 59.8 Å². The van der Waals surface area contributed by atoms with Gasteiger partial charge in [0.05, 0.1) is 23.1 Å². The molecule has 0 saturated carbocycles. The molecule has 1 aliphatic heterocycles. The number of benzene rings is 2. The molecule has 4 rings (SSSR count). The number of carbonyl (C=O) groups is 1. The molecule has 7 heteroatoms. The maximum absolute atomic E-state index is 13.8. The van der Waals surface area contributed by atoms with Crippen molar-refractivity contribution in [1.29, 1.82) is 0 Å². The highest BCUT2D eigenvalue weighted by molar-refractivity contribution is 6.30. The van der Waals surface area contributed by atoms with Gasteiger partial charge in [0.2, 0.25) is 5.76 Å². The number of amides is 1. The highest BCUT2D eigenvalue weighted by Gasteiger charge is 2.42. The predicted molar refractivity (Wildman–Crippen MR) is 112 cm³/mol. The van der Waals surface area contributed by atoms with E-state index in [0.29, 0.717) is 30.2 Å². The number of rotatable bonds is 6. The van der Waals surface area contributed by atoms with Gasteiger partial charge in [-0.25, -0.2) is 4.39 Å². The molecule has 30 heavy (non-hydrogen) atoms. The standard InChI is InChI=1S/C23H21ClFNO4/c1-13(2)29-10-4-9-26-20(14-5-3-6-15(24)11-14)19-21(27)17-12-16(25)7-8-18(17)30-22(19)23(26)28/h3,5-8,11-13,20H,4,9-10H2,1-2H3/t20-/m0/s1. The van der Waals surface area contributed by atoms with E-state index in [1.165, 1.54) is 12.1 Å². The molecule has 1 atom stereocenters. The Morgan fingerprint density at radius 3 is 2.73 bits per heavy atom. The quantitative estimate of drug-likeness (QED) is 0.520. The maximum Gasteiger partial charge on any atom is 0.290 e. The lowest BCUT2D eigenvalue weighted by Crippen LogP contribution is -2.31. The van der Waals surface area contributed by atoms with E-state index in [4.69, 9.17) is 20.8 Å². The molecule has 0 unspecified atom stereocenters. The van der Waals surface area contributed by atoms with Gasteiger partial charge < -0.3 is 14.1 Å². The Morgan fingerprint density at radius 2 is 2.00 bits per heavy atom. The summed E-state index contributed by atoms with van der Waals surface area (Å²) in [7, 11) is 0. The molecule has 3 aromatic rings. The van der Waals surface area contributed by atoms with Crippen molar-refractivity contribution in [1.82, 2.24) is 4.90 Å². The van der Waals surface area contributed by atoms with E-state index in [9.17, 15) is 14.0 Å². The molecule has 0 spiro atoms. The van der Waals surface area contributed by atoms with Gasteiger partial charge in [-0.15, -0.1) is 0 Å². The lowest BCUT2D eigenvalue weighted by atomic mass is 9.98. The van der Waals surface area contributed by atoms with E-state index >= 15 is 0 Å². The zero-order valence-electron chi connectivity index (χ0n) is 16.7. The van der Waals surface area contributed by atoms with Crippen molar-refractivity contribution in [2.45, 2.75) is 32.4 Å². The van der Waals surface area contributed by atoms with Crippen molar-refractivity contribution in [3.8, 4) is 0 Å². The number of halogens is 2. The van der Waals surface area contributed by atoms with Crippen LogP contribution < -0.4 is 5.43 Å². The Bertz CT molecular complexity index is 1170. The molecule has 5 nitrogen and oxygen atoms in total. The van der Waals surface area contributed by atoms with Crippen molar-refractivity contribution in [3.05, 3.63) is 80.4 Å². The van der Waals surface area contributed by atoms with Crippen LogP contribution in [-0.2, 0) is 4.74 Å². The molecule has 2 aromatic carbocycles. The second-order valence-electron chi connectivity index (χ2n) is 7.54. The van der Waals surface area contributed by atoms with Gasteiger partial charge in [0.25, 0.3) is 5.91 Å². The van der Waals surface area contributed by atoms with Crippen LogP contribution in [0.2, 0.25) is 5.02 Å². The third-order valence-corrected chi connectivity index (χ3v) is 5.32. The lowest BCUT2D eigenvalue weighted by molar-refractivity contribution is 0.0593. The largest absolute Gasteiger partial charge is 0.450 e. The highest BCUT2D eigenvalue weighted by atomic mass is 35.5. The highest BCUT2D eigenvalue weighted by Crippen LogP contribution is 2.38. The summed E-state index contributed by atoms with van der Waals surface area (Å²) in [4.78, 5) is 28.1. The summed E-state index contributed by atoms with van der Waals surface area (Å²) in [5.74, 6) is -0.919. The molecule has 0 radical (unpaired) electrons. The Balaban J connectivity index is 1.83. The van der Waals surface area contributed by atoms with Crippen LogP contribution in [0.25, 0.3) is 11.0 Å². The maximum atomic E-state index is 13.8. The predicted octanol–water partition coefficient (Wildman–Crippen LogP) is 4.95. The average Bonchev–Trinajstić information content (AvgIpc) is 2.98. The first-order chi connectivity index (χ1) is 14.4. The number of nitrogens with zero attached hydrogens (tertiary/aromatic N) is 1. The molecule has 0 aliphatic carbocycles. The average molecular weight is 430 g/mol. The molecule has 2 heterocycles. The van der Waals surface area contributed by atoms with Crippen LogP contribution in [0.15, 0.2) is 51.7 Å². The number of ether oxygens (including phenoxy) is 1. The van der Waals surface area contributed by atoms with Gasteiger partial charge in [-0.05, 0) is 56.2 Å². The first-order valence-electron chi connectivity index (χ1n) is 9.81. The fourth-order valence-corrected chi connectivity index (χ4v) is 4.00. The second-order valence-corrected chi connectivity index (χ2v) is 7.98. The summed E-state index contributed by atoms with van der Waals surface area (Å²) in [5, 5.41) is 0.603. The fourth-order valence-electron chi connectivity index (χ4n) is 3.80. The van der Waals surface area contributed by atoms with E-state index in [-0.39, 0.29) is 34.3 Å². The molecule has 1 aliphatic rings. The third kappa shape index (κ3) is 3.73. The zero-order chi connectivity index (χ0) is 21.4. The summed E-state index contributed by atoms with van der Waals surface area (Å²) in [6, 6.07) is 10.1. The summed E-state index contributed by atoms with van der Waals surface area (Å²) >= 11 is 6.18. The molecule has 0 N–H and O–H groups in total. The number of carbonyl (C=O) groups excluding carboxylic acids is 1. The minimum atomic E-state index is -0.658. The number of hydrogen-bond acceptors (Lipinski definition) is 4. The van der Waals surface area contributed by atoms with Gasteiger partial charge >= 0.3 is 0 Å². The zero-order valence-corrected chi connectivity index (χ0v) is 17.4. The van der Waals surface area contributed by atoms with Gasteiger partial charge in [0, 0.05) is 18.2 Å². The first-order valence-corrected chi connectivity index (χ1v) is 10.2. The SMILES string of the molecule is CC(C)OCCCN1C(=O)c2oc3ccc(F)cc3c(=O)c2[C@@H]1c1cccc(Cl)c1. The smallest absolute Gasteiger partial charge is 0.290 e. The van der Waals surface area contributed by atoms with Gasteiger partial charge in [-0.2, -0.15) is 0 Å². The van der Waals surface area contributed by atoms with Crippen LogP contribution in [0.3, 0.4) is 0 Å². The van der Waals surface area contributed by atoms with Crippen LogP contribution in [-0.4, -0.2) is 30.1 Å². The van der Waals surface area contributed by atoms with Gasteiger partial charge in [0.15, 0.2) is 5.43 Å². The van der Waals surface area contributed by atoms with Crippen molar-refractivity contribution >= 4 is 28.5 Å². The van der Waals surface area contributed by atoms with E-state index in [0.717, 1.165) is 6.07 Å². The summed E-state index contributed by atoms with van der Waals surface area (Å²) < 4.78 is 25.2. The molecular weight excluding hydrogens is 409 g/mol. The van der Waals surface area contributed by atoms with E-state index in [2.05, 4.69) is 0 Å². The van der Waals surface area contributed by atoms with E-state index < -0.39 is 17.3 Å². The summed E-state index contributed by atoms with van der Waals surface area (Å²) in [6.45, 7) is 4.74. The Kier molecular flexibility index (Phi) is 5.62. The van der Waals surface area contributed by atoms with Gasteiger partial charge in [-0.1, -0.05) is 23.7 Å². The normalized spacial score (nSPS) is 16.0. The Hall–Kier alpha value is -2.70. The number of hydrogen-bond donors (Lipinski definition) is 0. The van der Waals surface area contributed by atoms with Crippen LogP contribution in [0, 0.1) is 5.82 Å². The molecule has 1 amide bonds. The Labute approximate surface area is 178 Å². The Morgan fingerprint density at radius 1 is 1.20 bits per heavy atom. The van der Waals surface area contributed by atoms with Crippen molar-refractivity contribution < 1.29 is 18.3 Å². The van der Waals surface area contributed by atoms with Crippen LogP contribution >= 0.6 is 11.6 Å². The minimum absolute atomic E-state index is 0.00568. The summed E-state index contributed by atoms with van der Waals surface area (Å²) in [6.07, 6.45) is 0.681. The lowest BCUT2D eigenvalue weighted by Gasteiger charge is -2.25. The minimum Gasteiger partial charge on any atom is -0.450 e. The number of fused-ring (bicyclic) bond motifs is 2. The van der Waals surface area contributed by atoms with Gasteiger partial charge in [0.1, 0.15) is 11.4 Å². The molecule has 1 aromatic heterocycles. The van der Waals surface area contributed by atoms with E-state index in [1.807, 2.05) is 19.9 Å². The second kappa shape index (κ2) is 8.20. The van der Waals surface area contributed by atoms with E-state index in [1.54, 1.807) is 23.1 Å². The van der Waals surface area contributed by atoms with Crippen LogP contribution in [0.1, 0.15) is 48.0 Å². The van der Waals surface area contributed by atoms with Crippen LogP contribution in [0.5, 0.6) is 0 Å². The van der Waals surface area contributed by atoms with Crippen molar-refractivity contribution in [2.24, 2.45) is 0 Å². The molecule has 0 saturated heterocycles. The summed E-state index contributed by atoms with van der Waals surface area (Å²) in [5.41, 5.74) is 0.681. The molecular formula is C23H21ClFNO4.